The van der Waals surface area contributed by atoms with Crippen molar-refractivity contribution in [3.05, 3.63) is 65.5 Å². The minimum absolute atomic E-state index is 0.0225. The molecular formula is C24H29N5O2S. The van der Waals surface area contributed by atoms with E-state index in [9.17, 15) is 9.59 Å². The molecule has 0 radical (unpaired) electrons. The Morgan fingerprint density at radius 3 is 2.50 bits per heavy atom. The Bertz CT molecular complexity index is 1110. The largest absolute Gasteiger partial charge is 0.335 e. The van der Waals surface area contributed by atoms with Gasteiger partial charge in [-0.25, -0.2) is 0 Å². The SMILES string of the molecule is CCc1ccccc1NC(=O)CN(C)C(=O)C(C)Sc1nnc(C)n1-c1ccccc1C. The fourth-order valence-corrected chi connectivity index (χ4v) is 4.48. The molecule has 3 rings (SSSR count). The summed E-state index contributed by atoms with van der Waals surface area (Å²) in [5.74, 6) is 0.382. The van der Waals surface area contributed by atoms with Crippen LogP contribution in [0.2, 0.25) is 0 Å². The first-order valence-corrected chi connectivity index (χ1v) is 11.5. The zero-order valence-electron chi connectivity index (χ0n) is 19.1. The van der Waals surface area contributed by atoms with Gasteiger partial charge in [-0.05, 0) is 50.5 Å². The van der Waals surface area contributed by atoms with E-state index in [4.69, 9.17) is 0 Å². The Balaban J connectivity index is 1.66. The van der Waals surface area contributed by atoms with Crippen LogP contribution in [-0.4, -0.2) is 50.3 Å². The van der Waals surface area contributed by atoms with Gasteiger partial charge in [0.25, 0.3) is 0 Å². The van der Waals surface area contributed by atoms with Gasteiger partial charge < -0.3 is 10.2 Å². The lowest BCUT2D eigenvalue weighted by atomic mass is 10.1. The number of anilines is 1. The van der Waals surface area contributed by atoms with E-state index >= 15 is 0 Å². The number of hydrogen-bond acceptors (Lipinski definition) is 5. The van der Waals surface area contributed by atoms with Gasteiger partial charge in [0, 0.05) is 12.7 Å². The van der Waals surface area contributed by atoms with Gasteiger partial charge in [0.15, 0.2) is 5.16 Å². The van der Waals surface area contributed by atoms with Gasteiger partial charge in [0.2, 0.25) is 11.8 Å². The average Bonchev–Trinajstić information content (AvgIpc) is 3.13. The van der Waals surface area contributed by atoms with E-state index in [1.54, 1.807) is 7.05 Å². The van der Waals surface area contributed by atoms with E-state index in [2.05, 4.69) is 15.5 Å². The third kappa shape index (κ3) is 5.37. The van der Waals surface area contributed by atoms with Crippen molar-refractivity contribution < 1.29 is 9.59 Å². The fourth-order valence-electron chi connectivity index (χ4n) is 3.46. The molecule has 7 nitrogen and oxygen atoms in total. The molecular weight excluding hydrogens is 422 g/mol. The van der Waals surface area contributed by atoms with Crippen molar-refractivity contribution >= 4 is 29.3 Å². The highest BCUT2D eigenvalue weighted by molar-refractivity contribution is 8.00. The maximum Gasteiger partial charge on any atom is 0.243 e. The van der Waals surface area contributed by atoms with Gasteiger partial charge in [-0.1, -0.05) is 55.1 Å². The topological polar surface area (TPSA) is 80.1 Å². The zero-order valence-corrected chi connectivity index (χ0v) is 19.9. The summed E-state index contributed by atoms with van der Waals surface area (Å²) in [6.45, 7) is 7.75. The van der Waals surface area contributed by atoms with Crippen LogP contribution in [-0.2, 0) is 16.0 Å². The zero-order chi connectivity index (χ0) is 23.3. The van der Waals surface area contributed by atoms with E-state index < -0.39 is 5.25 Å². The lowest BCUT2D eigenvalue weighted by Crippen LogP contribution is -2.39. The number of nitrogens with one attached hydrogen (secondary N) is 1. The summed E-state index contributed by atoms with van der Waals surface area (Å²) in [4.78, 5) is 26.9. The second-order valence-electron chi connectivity index (χ2n) is 7.66. The average molecular weight is 452 g/mol. The highest BCUT2D eigenvalue weighted by Crippen LogP contribution is 2.27. The highest BCUT2D eigenvalue weighted by atomic mass is 32.2. The first-order chi connectivity index (χ1) is 15.3. The predicted molar refractivity (Wildman–Crippen MR) is 128 cm³/mol. The standard InChI is InChI=1S/C24H29N5O2S/c1-6-19-12-8-9-13-20(19)25-22(30)15-28(5)23(31)17(3)32-24-27-26-18(4)29(24)21-14-10-7-11-16(21)2/h7-14,17H,6,15H2,1-5H3,(H,25,30). The van der Waals surface area contributed by atoms with Crippen molar-refractivity contribution in [2.24, 2.45) is 0 Å². The van der Waals surface area contributed by atoms with Gasteiger partial charge in [-0.2, -0.15) is 0 Å². The summed E-state index contributed by atoms with van der Waals surface area (Å²) in [5, 5.41) is 11.6. The van der Waals surface area contributed by atoms with E-state index in [1.165, 1.54) is 16.7 Å². The van der Waals surface area contributed by atoms with Crippen LogP contribution in [0.5, 0.6) is 0 Å². The molecule has 32 heavy (non-hydrogen) atoms. The molecule has 0 bridgehead atoms. The minimum atomic E-state index is -0.429. The Labute approximate surface area is 193 Å². The quantitative estimate of drug-likeness (QED) is 0.523. The maximum atomic E-state index is 12.9. The fraction of sp³-hybridized carbons (Fsp3) is 0.333. The molecule has 1 N–H and O–H groups in total. The Kier molecular flexibility index (Phi) is 7.69. The molecule has 1 atom stereocenters. The molecule has 2 amide bonds. The van der Waals surface area contributed by atoms with Gasteiger partial charge in [0.05, 0.1) is 17.5 Å². The number of carbonyl (C=O) groups excluding carboxylic acids is 2. The minimum Gasteiger partial charge on any atom is -0.335 e. The number of rotatable bonds is 8. The molecule has 3 aromatic rings. The summed E-state index contributed by atoms with van der Waals surface area (Å²) in [5.41, 5.74) is 3.92. The molecule has 0 aliphatic rings. The molecule has 1 unspecified atom stereocenters. The normalized spacial score (nSPS) is 11.8. The third-order valence-corrected chi connectivity index (χ3v) is 6.24. The monoisotopic (exact) mass is 451 g/mol. The molecule has 1 aromatic heterocycles. The molecule has 2 aromatic carbocycles. The van der Waals surface area contributed by atoms with Gasteiger partial charge in [-0.15, -0.1) is 10.2 Å². The van der Waals surface area contributed by atoms with Gasteiger partial charge in [-0.3, -0.25) is 14.2 Å². The molecule has 168 valence electrons. The summed E-state index contributed by atoms with van der Waals surface area (Å²) < 4.78 is 1.96. The molecule has 1 heterocycles. The first kappa shape index (κ1) is 23.5. The second-order valence-corrected chi connectivity index (χ2v) is 8.97. The number of likely N-dealkylation sites (N-methyl/N-ethyl adjacent to an activating group) is 1. The van der Waals surface area contributed by atoms with Crippen LogP contribution in [0.25, 0.3) is 5.69 Å². The van der Waals surface area contributed by atoms with Crippen molar-refractivity contribution in [2.45, 2.75) is 44.5 Å². The van der Waals surface area contributed by atoms with Crippen LogP contribution in [0, 0.1) is 13.8 Å². The Morgan fingerprint density at radius 1 is 1.09 bits per heavy atom. The molecule has 0 saturated carbocycles. The molecule has 0 aliphatic heterocycles. The van der Waals surface area contributed by atoms with E-state index in [0.717, 1.165) is 34.7 Å². The molecule has 0 fully saturated rings. The molecule has 0 saturated heterocycles. The van der Waals surface area contributed by atoms with E-state index in [0.29, 0.717) is 5.16 Å². The maximum absolute atomic E-state index is 12.9. The highest BCUT2D eigenvalue weighted by Gasteiger charge is 2.24. The lowest BCUT2D eigenvalue weighted by molar-refractivity contribution is -0.132. The number of hydrogen-bond donors (Lipinski definition) is 1. The van der Waals surface area contributed by atoms with E-state index in [-0.39, 0.29) is 18.4 Å². The van der Waals surface area contributed by atoms with Crippen molar-refractivity contribution in [2.75, 3.05) is 18.9 Å². The number of benzene rings is 2. The van der Waals surface area contributed by atoms with Gasteiger partial charge in [0.1, 0.15) is 5.82 Å². The van der Waals surface area contributed by atoms with Crippen LogP contribution in [0.1, 0.15) is 30.8 Å². The van der Waals surface area contributed by atoms with Crippen molar-refractivity contribution in [1.29, 1.82) is 0 Å². The number of thioether (sulfide) groups is 1. The Hall–Kier alpha value is -3.13. The lowest BCUT2D eigenvalue weighted by Gasteiger charge is -2.21. The number of aromatic nitrogens is 3. The summed E-state index contributed by atoms with van der Waals surface area (Å²) >= 11 is 1.33. The molecule has 0 spiro atoms. The van der Waals surface area contributed by atoms with Crippen molar-refractivity contribution in [3.63, 3.8) is 0 Å². The van der Waals surface area contributed by atoms with Crippen LogP contribution in [0.3, 0.4) is 0 Å². The van der Waals surface area contributed by atoms with Crippen LogP contribution >= 0.6 is 11.8 Å². The number of amides is 2. The van der Waals surface area contributed by atoms with Crippen molar-refractivity contribution in [3.8, 4) is 5.69 Å². The third-order valence-electron chi connectivity index (χ3n) is 5.21. The summed E-state index contributed by atoms with van der Waals surface area (Å²) in [6.07, 6.45) is 0.819. The van der Waals surface area contributed by atoms with Crippen molar-refractivity contribution in [1.82, 2.24) is 19.7 Å². The van der Waals surface area contributed by atoms with Crippen LogP contribution in [0.4, 0.5) is 5.69 Å². The van der Waals surface area contributed by atoms with Crippen LogP contribution in [0.15, 0.2) is 53.7 Å². The van der Waals surface area contributed by atoms with Crippen LogP contribution < -0.4 is 5.32 Å². The number of carbonyl (C=O) groups is 2. The second kappa shape index (κ2) is 10.5. The molecule has 8 heteroatoms. The summed E-state index contributed by atoms with van der Waals surface area (Å²) in [6, 6.07) is 15.7. The Morgan fingerprint density at radius 2 is 1.78 bits per heavy atom. The van der Waals surface area contributed by atoms with E-state index in [1.807, 2.05) is 80.8 Å². The number of nitrogens with zero attached hydrogens (tertiary/aromatic N) is 4. The predicted octanol–water partition coefficient (Wildman–Crippen LogP) is 4.02. The molecule has 0 aliphatic carbocycles. The number of aryl methyl sites for hydroxylation is 3. The number of para-hydroxylation sites is 2. The summed E-state index contributed by atoms with van der Waals surface area (Å²) in [7, 11) is 1.64. The first-order valence-electron chi connectivity index (χ1n) is 10.6. The smallest absolute Gasteiger partial charge is 0.243 e. The van der Waals surface area contributed by atoms with Gasteiger partial charge >= 0.3 is 0 Å².